The summed E-state index contributed by atoms with van der Waals surface area (Å²) in [5, 5.41) is 0. The molecule has 2 N–H and O–H groups in total. The van der Waals surface area contributed by atoms with E-state index in [1.165, 1.54) is 0 Å². The molecule has 0 aromatic carbocycles. The van der Waals surface area contributed by atoms with Crippen LogP contribution in [-0.2, 0) is 4.52 Å². The molecule has 2 unspecified atom stereocenters. The summed E-state index contributed by atoms with van der Waals surface area (Å²) in [5.41, 5.74) is 0. The second-order valence-corrected chi connectivity index (χ2v) is 11.8. The standard InChI is InChI=1S/C12H19Cl8O3P/c13-6-8(4-11(15,16)17)10(2-1-3-23-24(21)22)9(7-14)5-12(18,19)20/h8-10,21-22H,1-7H2. The smallest absolute Gasteiger partial charge is 0.327 e. The summed E-state index contributed by atoms with van der Waals surface area (Å²) in [6.07, 6.45) is 1.59. The van der Waals surface area contributed by atoms with Crippen LogP contribution in [0.2, 0.25) is 0 Å². The molecule has 0 aliphatic heterocycles. The van der Waals surface area contributed by atoms with Crippen LogP contribution in [0.1, 0.15) is 25.7 Å². The average molecular weight is 526 g/mol. The van der Waals surface area contributed by atoms with Crippen molar-refractivity contribution in [3.8, 4) is 0 Å². The van der Waals surface area contributed by atoms with Gasteiger partial charge in [-0.2, -0.15) is 0 Å². The molecule has 0 aliphatic rings. The summed E-state index contributed by atoms with van der Waals surface area (Å²) < 4.78 is 1.85. The van der Waals surface area contributed by atoms with E-state index < -0.39 is 16.2 Å². The Morgan fingerprint density at radius 2 is 1.25 bits per heavy atom. The highest BCUT2D eigenvalue weighted by Gasteiger charge is 2.37. The van der Waals surface area contributed by atoms with E-state index in [9.17, 15) is 0 Å². The van der Waals surface area contributed by atoms with Crippen molar-refractivity contribution in [2.24, 2.45) is 17.8 Å². The molecule has 2 atom stereocenters. The third-order valence-electron chi connectivity index (χ3n) is 3.48. The second-order valence-electron chi connectivity index (χ2n) is 5.36. The van der Waals surface area contributed by atoms with Crippen molar-refractivity contribution in [3.63, 3.8) is 0 Å². The van der Waals surface area contributed by atoms with Gasteiger partial charge in [0.05, 0.1) is 6.61 Å². The fourth-order valence-electron chi connectivity index (χ4n) is 2.56. The molecular formula is C12H19Cl8O3P. The van der Waals surface area contributed by atoms with Crippen LogP contribution in [0.3, 0.4) is 0 Å². The summed E-state index contributed by atoms with van der Waals surface area (Å²) in [6.45, 7) is 0.167. The zero-order valence-corrected chi connectivity index (χ0v) is 19.4. The van der Waals surface area contributed by atoms with E-state index in [0.717, 1.165) is 0 Å². The maximum atomic E-state index is 8.79. The minimum atomic E-state index is -2.39. The molecule has 12 heteroatoms. The van der Waals surface area contributed by atoms with Crippen LogP contribution in [0.25, 0.3) is 0 Å². The molecule has 0 fully saturated rings. The quantitative estimate of drug-likeness (QED) is 0.176. The first-order valence-corrected chi connectivity index (χ1v) is 11.5. The Hall–Kier alpha value is 2.63. The lowest BCUT2D eigenvalue weighted by Crippen LogP contribution is -2.32. The van der Waals surface area contributed by atoms with E-state index in [2.05, 4.69) is 0 Å². The van der Waals surface area contributed by atoms with Gasteiger partial charge in [0.2, 0.25) is 0 Å². The van der Waals surface area contributed by atoms with Crippen LogP contribution < -0.4 is 0 Å². The molecule has 0 rings (SSSR count). The summed E-state index contributed by atoms with van der Waals surface area (Å²) >= 11 is 47.6. The number of hydrogen-bond acceptors (Lipinski definition) is 3. The first kappa shape index (κ1) is 26.6. The number of alkyl halides is 8. The van der Waals surface area contributed by atoms with Crippen LogP contribution in [0.4, 0.5) is 0 Å². The SMILES string of the molecule is OP(O)OCCCC(C(CCl)CC(Cl)(Cl)Cl)C(CCl)CC(Cl)(Cl)Cl. The van der Waals surface area contributed by atoms with Crippen molar-refractivity contribution in [2.45, 2.75) is 33.3 Å². The van der Waals surface area contributed by atoms with Gasteiger partial charge in [-0.25, -0.2) is 0 Å². The molecule has 3 nitrogen and oxygen atoms in total. The van der Waals surface area contributed by atoms with E-state index in [4.69, 9.17) is 107 Å². The maximum absolute atomic E-state index is 8.79. The van der Waals surface area contributed by atoms with Crippen molar-refractivity contribution < 1.29 is 14.3 Å². The first-order valence-electron chi connectivity index (χ1n) is 6.95. The Morgan fingerprint density at radius 1 is 0.833 bits per heavy atom. The highest BCUT2D eigenvalue weighted by molar-refractivity contribution is 7.39. The number of rotatable bonds is 11. The van der Waals surface area contributed by atoms with Gasteiger partial charge in [0.15, 0.2) is 7.59 Å². The molecule has 0 bridgehead atoms. The van der Waals surface area contributed by atoms with Gasteiger partial charge in [-0.05, 0) is 43.4 Å². The lowest BCUT2D eigenvalue weighted by Gasteiger charge is -2.35. The lowest BCUT2D eigenvalue weighted by molar-refractivity contribution is 0.193. The van der Waals surface area contributed by atoms with Crippen molar-refractivity contribution in [3.05, 3.63) is 0 Å². The van der Waals surface area contributed by atoms with Gasteiger partial charge in [0.25, 0.3) is 0 Å². The monoisotopic (exact) mass is 522 g/mol. The third kappa shape index (κ3) is 13.7. The second kappa shape index (κ2) is 13.0. The molecule has 0 aromatic rings. The van der Waals surface area contributed by atoms with Crippen molar-refractivity contribution in [1.29, 1.82) is 0 Å². The van der Waals surface area contributed by atoms with Gasteiger partial charge in [-0.15, -0.1) is 23.2 Å². The number of hydrogen-bond donors (Lipinski definition) is 2. The molecular weight excluding hydrogens is 507 g/mol. The Balaban J connectivity index is 5.08. The van der Waals surface area contributed by atoms with Gasteiger partial charge in [-0.1, -0.05) is 69.6 Å². The maximum Gasteiger partial charge on any atom is 0.327 e. The Morgan fingerprint density at radius 3 is 1.54 bits per heavy atom. The van der Waals surface area contributed by atoms with Gasteiger partial charge < -0.3 is 14.3 Å². The Bertz CT molecular complexity index is 313. The largest absolute Gasteiger partial charge is 0.328 e. The van der Waals surface area contributed by atoms with Gasteiger partial charge in [-0.3, -0.25) is 0 Å². The summed E-state index contributed by atoms with van der Waals surface area (Å²) in [6, 6.07) is 0. The summed E-state index contributed by atoms with van der Waals surface area (Å²) in [4.78, 5) is 17.6. The minimum absolute atomic E-state index is 0.0848. The molecule has 0 spiro atoms. The summed E-state index contributed by atoms with van der Waals surface area (Å²) in [5.74, 6) is 0.0808. The summed E-state index contributed by atoms with van der Waals surface area (Å²) in [7, 11) is -2.39. The molecule has 0 saturated heterocycles. The molecule has 146 valence electrons. The first-order chi connectivity index (χ1) is 10.9. The lowest BCUT2D eigenvalue weighted by atomic mass is 9.77. The predicted molar refractivity (Wildman–Crippen MR) is 108 cm³/mol. The van der Waals surface area contributed by atoms with Crippen LogP contribution in [0.15, 0.2) is 0 Å². The minimum Gasteiger partial charge on any atom is -0.328 e. The zero-order chi connectivity index (χ0) is 19.0. The van der Waals surface area contributed by atoms with E-state index in [0.29, 0.717) is 12.8 Å². The van der Waals surface area contributed by atoms with Crippen molar-refractivity contribution >= 4 is 101 Å². The van der Waals surface area contributed by atoms with Gasteiger partial charge >= 0.3 is 8.60 Å². The third-order valence-corrected chi connectivity index (χ3v) is 5.62. The fraction of sp³-hybridized carbons (Fsp3) is 1.00. The zero-order valence-electron chi connectivity index (χ0n) is 12.5. The molecule has 0 radical (unpaired) electrons. The van der Waals surface area contributed by atoms with E-state index >= 15 is 0 Å². The van der Waals surface area contributed by atoms with Crippen LogP contribution in [0, 0.1) is 17.8 Å². The van der Waals surface area contributed by atoms with Gasteiger partial charge in [0.1, 0.15) is 0 Å². The van der Waals surface area contributed by atoms with E-state index in [-0.39, 0.29) is 49.0 Å². The van der Waals surface area contributed by atoms with Crippen molar-refractivity contribution in [2.75, 3.05) is 18.4 Å². The average Bonchev–Trinajstić information content (AvgIpc) is 2.40. The van der Waals surface area contributed by atoms with Gasteiger partial charge in [0, 0.05) is 11.8 Å². The number of halogens is 8. The normalized spacial score (nSPS) is 17.1. The highest BCUT2D eigenvalue weighted by Crippen LogP contribution is 2.44. The topological polar surface area (TPSA) is 49.7 Å². The van der Waals surface area contributed by atoms with E-state index in [1.807, 2.05) is 0 Å². The molecule has 24 heavy (non-hydrogen) atoms. The molecule has 0 aromatic heterocycles. The molecule has 0 heterocycles. The van der Waals surface area contributed by atoms with E-state index in [1.54, 1.807) is 0 Å². The van der Waals surface area contributed by atoms with Crippen LogP contribution in [-0.4, -0.2) is 35.7 Å². The Kier molecular flexibility index (Phi) is 14.4. The van der Waals surface area contributed by atoms with Crippen molar-refractivity contribution in [1.82, 2.24) is 0 Å². The van der Waals surface area contributed by atoms with Crippen LogP contribution in [0.5, 0.6) is 0 Å². The molecule has 0 saturated carbocycles. The Labute approximate surface area is 184 Å². The fourth-order valence-corrected chi connectivity index (χ4v) is 4.71. The molecule has 0 aliphatic carbocycles. The molecule has 0 amide bonds. The predicted octanol–water partition coefficient (Wildman–Crippen LogP) is 6.84. The highest BCUT2D eigenvalue weighted by atomic mass is 35.6. The van der Waals surface area contributed by atoms with Crippen LogP contribution >= 0.6 is 101 Å².